The van der Waals surface area contributed by atoms with Gasteiger partial charge in [0.25, 0.3) is 0 Å². The molecule has 0 aliphatic carbocycles. The maximum absolute atomic E-state index is 6.88. The minimum absolute atomic E-state index is 0. The topological polar surface area (TPSA) is 142 Å². The van der Waals surface area contributed by atoms with Crippen molar-refractivity contribution in [1.29, 1.82) is 0 Å². The monoisotopic (exact) mass is 1320 g/mol. The van der Waals surface area contributed by atoms with Crippen LogP contribution in [0.3, 0.4) is 0 Å². The molecule has 2 aliphatic rings. The van der Waals surface area contributed by atoms with Crippen molar-refractivity contribution in [3.8, 4) is 91.5 Å². The molecule has 21 heteroatoms. The number of fused-ring (bicyclic) bond motifs is 20. The summed E-state index contributed by atoms with van der Waals surface area (Å²) in [4.78, 5) is 42.8. The van der Waals surface area contributed by atoms with E-state index in [1.807, 2.05) is 146 Å². The number of aromatic nitrogens is 8. The Balaban J connectivity index is 0.00000205. The quantitative estimate of drug-likeness (QED) is 0.131. The van der Waals surface area contributed by atoms with Crippen molar-refractivity contribution in [1.82, 2.24) is 57.8 Å². The van der Waals surface area contributed by atoms with E-state index in [-0.39, 0.29) is 69.1 Å². The number of ether oxygens (including phenoxy) is 4. The van der Waals surface area contributed by atoms with E-state index in [0.29, 0.717) is 154 Å². The van der Waals surface area contributed by atoms with Gasteiger partial charge in [0.1, 0.15) is 68.7 Å². The first-order chi connectivity index (χ1) is 40.1. The molecule has 0 N–H and O–H groups in total. The van der Waals surface area contributed by atoms with Crippen LogP contribution in [0.15, 0.2) is 170 Å². The van der Waals surface area contributed by atoms with E-state index >= 15 is 0 Å². The second-order valence-corrected chi connectivity index (χ2v) is 24.6. The smallest absolute Gasteiger partial charge is 1.00 e. The molecular weight excluding hydrogens is 1260 g/mol. The Labute approximate surface area is 555 Å². The minimum Gasteiger partial charge on any atom is -1.00 e. The summed E-state index contributed by atoms with van der Waals surface area (Å²) in [7, 11) is 25.5. The van der Waals surface area contributed by atoms with Gasteiger partial charge in [0.05, 0.1) is 119 Å². The van der Waals surface area contributed by atoms with Gasteiger partial charge in [-0.1, -0.05) is 72.8 Å². The van der Waals surface area contributed by atoms with E-state index in [0.717, 1.165) is 22.7 Å². The van der Waals surface area contributed by atoms with Crippen LogP contribution < -0.4 is 96.5 Å². The van der Waals surface area contributed by atoms with Gasteiger partial charge in [-0.25, -0.2) is 9.97 Å². The summed E-state index contributed by atoms with van der Waals surface area (Å²) < 4.78 is 29.9. The van der Waals surface area contributed by atoms with Crippen LogP contribution >= 0.6 is 0 Å². The summed E-state index contributed by atoms with van der Waals surface area (Å²) in [5.41, 5.74) is 8.20. The van der Waals surface area contributed by atoms with E-state index in [9.17, 15) is 0 Å². The van der Waals surface area contributed by atoms with E-state index in [1.165, 1.54) is 0 Å². The Morgan fingerprint density at radius 1 is 0.292 bits per heavy atom. The van der Waals surface area contributed by atoms with Crippen LogP contribution in [0.5, 0.6) is 46.0 Å². The molecule has 0 atom stereocenters. The third-order valence-corrected chi connectivity index (χ3v) is 14.9. The van der Waals surface area contributed by atoms with Crippen LogP contribution in [0.25, 0.3) is 89.7 Å². The molecule has 450 valence electrons. The first-order valence-electron chi connectivity index (χ1n) is 27.7. The van der Waals surface area contributed by atoms with E-state index in [1.54, 1.807) is 0 Å². The number of rotatable bonds is 12. The van der Waals surface area contributed by atoms with Crippen molar-refractivity contribution in [2.24, 2.45) is 0 Å². The molecule has 0 amide bonds. The zero-order chi connectivity index (χ0) is 58.5. The predicted molar refractivity (Wildman–Crippen MR) is 338 cm³/mol. The third kappa shape index (κ3) is 13.2. The number of hydrogen-bond acceptors (Lipinski definition) is 10. The van der Waals surface area contributed by atoms with Crippen molar-refractivity contribution in [2.75, 3.05) is 84.6 Å². The van der Waals surface area contributed by atoms with Gasteiger partial charge in [-0.3, -0.25) is 17.9 Å². The van der Waals surface area contributed by atoms with Crippen molar-refractivity contribution < 1.29 is 88.1 Å². The van der Waals surface area contributed by atoms with Crippen molar-refractivity contribution in [3.63, 3.8) is 0 Å². The van der Waals surface area contributed by atoms with Gasteiger partial charge in [0, 0.05) is 68.8 Å². The predicted octanol–water partition coefficient (Wildman–Crippen LogP) is 2.10. The van der Waals surface area contributed by atoms with Crippen LogP contribution in [0.1, 0.15) is 0 Å². The number of hydrogen-bond donors (Lipinski definition) is 0. The fourth-order valence-electron chi connectivity index (χ4n) is 10.4. The average molecular weight is 1320 g/mol. The maximum Gasteiger partial charge on any atom is 2.00 e. The molecule has 0 fully saturated rings. The van der Waals surface area contributed by atoms with Gasteiger partial charge in [0.2, 0.25) is 0 Å². The third-order valence-electron chi connectivity index (χ3n) is 14.9. The van der Waals surface area contributed by atoms with Gasteiger partial charge in [0.15, 0.2) is 0 Å². The van der Waals surface area contributed by atoms with Crippen LogP contribution in [0, 0.1) is 0 Å². The Bertz CT molecular complexity index is 4370. The fourth-order valence-corrected chi connectivity index (χ4v) is 10.4. The van der Waals surface area contributed by atoms with Crippen LogP contribution in [-0.4, -0.2) is 114 Å². The number of halogens is 4. The van der Waals surface area contributed by atoms with Gasteiger partial charge in [-0.2, -0.15) is 0 Å². The number of quaternary nitrogens is 4. The van der Waals surface area contributed by atoms with E-state index in [4.69, 9.17) is 58.8 Å². The Hall–Kier alpha value is -8.06. The second kappa shape index (κ2) is 25.4. The molecule has 0 spiro atoms. The molecule has 11 aromatic rings. The van der Waals surface area contributed by atoms with Crippen LogP contribution in [-0.2, 0) is 19.5 Å². The molecule has 8 aromatic carbocycles. The zero-order valence-electron chi connectivity index (χ0n) is 51.4. The largest absolute Gasteiger partial charge is 2.00 e. The zero-order valence-corrected chi connectivity index (χ0v) is 57.4. The SMILES string of the molecule is C[N+](C)(C)c1cccc(Oc2cccc3c2-c2nc-3nc3[n-]c(nc4nc(nc5[n-]c(n2)c2c(Oc6cccc([N+](C)(C)C)c6)cccc52)-c2cccc(Oc5cccc([N+](C)(C)C)c5)c2-4)c2c(Oc4cccc([N+](C)(C)C)c4)cccc32)c1.[Cl-].[Cl-].[Cl-].[Cl-].[Zn+2]. The molecule has 0 saturated heterocycles. The molecule has 89 heavy (non-hydrogen) atoms. The molecule has 13 rings (SSSR count). The first kappa shape index (κ1) is 66.9. The summed E-state index contributed by atoms with van der Waals surface area (Å²) in [6.07, 6.45) is 0. The van der Waals surface area contributed by atoms with Crippen LogP contribution in [0.2, 0.25) is 0 Å². The molecule has 0 radical (unpaired) electrons. The van der Waals surface area contributed by atoms with Gasteiger partial charge in [-0.05, 0) is 83.6 Å². The summed E-state index contributed by atoms with van der Waals surface area (Å²) in [5.74, 6) is 6.04. The minimum atomic E-state index is 0. The summed E-state index contributed by atoms with van der Waals surface area (Å²) >= 11 is 0. The summed E-state index contributed by atoms with van der Waals surface area (Å²) in [5, 5.41) is 2.59. The molecule has 3 aromatic heterocycles. The van der Waals surface area contributed by atoms with Gasteiger partial charge in [-0.15, -0.1) is 0 Å². The fraction of sp³-hybridized carbons (Fsp3) is 0.176. The van der Waals surface area contributed by atoms with Gasteiger partial charge >= 0.3 is 19.5 Å². The van der Waals surface area contributed by atoms with E-state index in [2.05, 4.69) is 109 Å². The Morgan fingerprint density at radius 3 is 0.876 bits per heavy atom. The molecule has 0 saturated carbocycles. The normalized spacial score (nSPS) is 11.8. The molecule has 0 unspecified atom stereocenters. The number of benzene rings is 8. The van der Waals surface area contributed by atoms with Crippen molar-refractivity contribution in [3.05, 3.63) is 170 Å². The number of nitrogens with zero attached hydrogens (tertiary/aromatic N) is 12. The molecule has 2 aliphatic heterocycles. The molecular formula is C68H64Cl4N12O4Zn. The van der Waals surface area contributed by atoms with Crippen molar-refractivity contribution >= 4 is 66.9 Å². The summed E-state index contributed by atoms with van der Waals surface area (Å²) in [6.45, 7) is 0. The van der Waals surface area contributed by atoms with E-state index < -0.39 is 0 Å². The van der Waals surface area contributed by atoms with Crippen molar-refractivity contribution in [2.45, 2.75) is 0 Å². The molecule has 5 heterocycles. The Morgan fingerprint density at radius 2 is 0.562 bits per heavy atom. The van der Waals surface area contributed by atoms with Gasteiger partial charge < -0.3 is 98.5 Å². The molecule has 8 bridgehead atoms. The Kier molecular flexibility index (Phi) is 19.1. The summed E-state index contributed by atoms with van der Waals surface area (Å²) in [6, 6.07) is 55.7. The maximum atomic E-state index is 6.88. The van der Waals surface area contributed by atoms with Crippen LogP contribution in [0.4, 0.5) is 22.7 Å². The average Bonchev–Trinajstić information content (AvgIpc) is 1.64. The standard InChI is InChI=1S/C68H64N12O4.4ClH.Zn/c1-77(2,3)41-21-13-25-45(37-41)81-53-33-17-29-49-57(53)65-71-61(49)69-62-51-31-19-35-55(83-47-27-15-23-43(39-47)79(7,8)9)59(51)67(73-62)76-68-60-52(32-20-36-56(60)84-48-28-16-24-44(40-48)80(10,11)12)64(74-68)70-63-50-30-18-34-54(58(50)66(72-63)75-65)82-46-26-14-22-42(38-46)78(4,5)6;;;;;/h13-40H,1-12H3;4*1H;/q+2;;;;;+2/p-4. The first-order valence-corrected chi connectivity index (χ1v) is 27.7. The molecule has 16 nitrogen and oxygen atoms in total. The second-order valence-electron chi connectivity index (χ2n) is 24.6.